The third kappa shape index (κ3) is 6.49. The molecule has 2 aromatic rings. The number of hydrogen-bond acceptors (Lipinski definition) is 3. The van der Waals surface area contributed by atoms with Crippen molar-refractivity contribution in [1.29, 1.82) is 0 Å². The Kier molecular flexibility index (Phi) is 8.39. The normalized spacial score (nSPS) is 16.5. The van der Waals surface area contributed by atoms with Crippen molar-refractivity contribution in [3.8, 4) is 0 Å². The van der Waals surface area contributed by atoms with Crippen molar-refractivity contribution in [3.63, 3.8) is 0 Å². The molecule has 0 spiro atoms. The molecular weight excluding hydrogens is 384 g/mol. The number of benzene rings is 2. The summed E-state index contributed by atoms with van der Waals surface area (Å²) in [5.74, 6) is -0.0181. The standard InChI is InChI=1S/C27H38N2O2/c1-4-20-11-14-24(15-12-20)29-26-17-23(21(5-2)18-27(30)31)13-16-25(26)28-19(3)22-9-7-6-8-10-22/h11-17,19,21-22,28-29H,4-10,18H2,1-3H3,(H,30,31)/t19-,21?/m1/s1. The van der Waals surface area contributed by atoms with E-state index in [4.69, 9.17) is 0 Å². The van der Waals surface area contributed by atoms with E-state index < -0.39 is 5.97 Å². The van der Waals surface area contributed by atoms with Gasteiger partial charge in [0.1, 0.15) is 0 Å². The number of aliphatic carboxylic acids is 1. The van der Waals surface area contributed by atoms with Gasteiger partial charge in [0.25, 0.3) is 0 Å². The molecule has 3 rings (SSSR count). The minimum absolute atomic E-state index is 0.0188. The van der Waals surface area contributed by atoms with Gasteiger partial charge in [0.05, 0.1) is 17.8 Å². The predicted octanol–water partition coefficient (Wildman–Crippen LogP) is 7.34. The van der Waals surface area contributed by atoms with E-state index in [0.29, 0.717) is 12.0 Å². The van der Waals surface area contributed by atoms with Crippen LogP contribution in [-0.2, 0) is 11.2 Å². The Bertz CT molecular complexity index is 841. The van der Waals surface area contributed by atoms with Gasteiger partial charge in [0.15, 0.2) is 0 Å². The van der Waals surface area contributed by atoms with Gasteiger partial charge >= 0.3 is 5.97 Å². The largest absolute Gasteiger partial charge is 0.481 e. The molecular formula is C27H38N2O2. The third-order valence-electron chi connectivity index (χ3n) is 6.81. The molecule has 2 atom stereocenters. The molecule has 0 aliphatic heterocycles. The van der Waals surface area contributed by atoms with Crippen molar-refractivity contribution in [2.24, 2.45) is 5.92 Å². The second kappa shape index (κ2) is 11.2. The molecule has 0 saturated heterocycles. The van der Waals surface area contributed by atoms with Crippen LogP contribution < -0.4 is 10.6 Å². The second-order valence-electron chi connectivity index (χ2n) is 9.01. The van der Waals surface area contributed by atoms with Crippen LogP contribution in [0.25, 0.3) is 0 Å². The van der Waals surface area contributed by atoms with Crippen LogP contribution in [0, 0.1) is 5.92 Å². The number of hydrogen-bond donors (Lipinski definition) is 3. The Morgan fingerprint density at radius 2 is 1.74 bits per heavy atom. The maximum atomic E-state index is 11.3. The Balaban J connectivity index is 1.87. The molecule has 0 radical (unpaired) electrons. The number of carboxylic acids is 1. The Morgan fingerprint density at radius 1 is 1.03 bits per heavy atom. The summed E-state index contributed by atoms with van der Waals surface area (Å²) in [4.78, 5) is 11.3. The van der Waals surface area contributed by atoms with E-state index in [-0.39, 0.29) is 12.3 Å². The Morgan fingerprint density at radius 3 is 2.35 bits per heavy atom. The summed E-state index contributed by atoms with van der Waals surface area (Å²) < 4.78 is 0. The quantitative estimate of drug-likeness (QED) is 0.375. The zero-order valence-electron chi connectivity index (χ0n) is 19.3. The molecule has 2 aromatic carbocycles. The number of aryl methyl sites for hydroxylation is 1. The lowest BCUT2D eigenvalue weighted by molar-refractivity contribution is -0.137. The van der Waals surface area contributed by atoms with Gasteiger partial charge in [0.2, 0.25) is 0 Å². The van der Waals surface area contributed by atoms with Crippen molar-refractivity contribution in [3.05, 3.63) is 53.6 Å². The van der Waals surface area contributed by atoms with Gasteiger partial charge in [-0.3, -0.25) is 4.79 Å². The van der Waals surface area contributed by atoms with Gasteiger partial charge in [-0.25, -0.2) is 0 Å². The molecule has 1 aliphatic rings. The van der Waals surface area contributed by atoms with Crippen molar-refractivity contribution in [2.75, 3.05) is 10.6 Å². The highest BCUT2D eigenvalue weighted by Crippen LogP contribution is 2.35. The molecule has 3 N–H and O–H groups in total. The molecule has 0 bridgehead atoms. The van der Waals surface area contributed by atoms with Crippen LogP contribution in [0.5, 0.6) is 0 Å². The van der Waals surface area contributed by atoms with Crippen molar-refractivity contribution >= 4 is 23.0 Å². The molecule has 4 nitrogen and oxygen atoms in total. The summed E-state index contributed by atoms with van der Waals surface area (Å²) in [6.07, 6.45) is 8.60. The number of nitrogens with one attached hydrogen (secondary N) is 2. The summed E-state index contributed by atoms with van der Waals surface area (Å²) in [5.41, 5.74) is 5.55. The molecule has 168 valence electrons. The van der Waals surface area contributed by atoms with Crippen LogP contribution in [0.15, 0.2) is 42.5 Å². The summed E-state index contributed by atoms with van der Waals surface area (Å²) in [6.45, 7) is 6.51. The first-order chi connectivity index (χ1) is 15.0. The van der Waals surface area contributed by atoms with Gasteiger partial charge in [-0.05, 0) is 79.8 Å². The van der Waals surface area contributed by atoms with Gasteiger partial charge in [-0.15, -0.1) is 0 Å². The fourth-order valence-corrected chi connectivity index (χ4v) is 4.73. The fourth-order valence-electron chi connectivity index (χ4n) is 4.73. The van der Waals surface area contributed by atoms with Crippen LogP contribution in [0.1, 0.15) is 82.8 Å². The molecule has 1 unspecified atom stereocenters. The lowest BCUT2D eigenvalue weighted by atomic mass is 9.84. The van der Waals surface area contributed by atoms with E-state index in [1.54, 1.807) is 0 Å². The van der Waals surface area contributed by atoms with Crippen molar-refractivity contribution in [1.82, 2.24) is 0 Å². The lowest BCUT2D eigenvalue weighted by Gasteiger charge is -2.30. The summed E-state index contributed by atoms with van der Waals surface area (Å²) in [7, 11) is 0. The molecule has 0 heterocycles. The van der Waals surface area contributed by atoms with E-state index in [9.17, 15) is 9.90 Å². The van der Waals surface area contributed by atoms with Gasteiger partial charge in [-0.1, -0.05) is 51.3 Å². The minimum Gasteiger partial charge on any atom is -0.481 e. The Labute approximate surface area is 187 Å². The van der Waals surface area contributed by atoms with Crippen LogP contribution in [0.3, 0.4) is 0 Å². The number of carboxylic acid groups (broad SMARTS) is 1. The van der Waals surface area contributed by atoms with Crippen LogP contribution in [0.2, 0.25) is 0 Å². The molecule has 1 saturated carbocycles. The SMILES string of the molecule is CCc1ccc(Nc2cc(C(CC)CC(=O)O)ccc2N[C@H](C)C2CCCCC2)cc1. The first-order valence-electron chi connectivity index (χ1n) is 12.0. The Hall–Kier alpha value is -2.49. The highest BCUT2D eigenvalue weighted by atomic mass is 16.4. The molecule has 4 heteroatoms. The topological polar surface area (TPSA) is 61.4 Å². The highest BCUT2D eigenvalue weighted by molar-refractivity contribution is 5.76. The predicted molar refractivity (Wildman–Crippen MR) is 130 cm³/mol. The fraction of sp³-hybridized carbons (Fsp3) is 0.519. The lowest BCUT2D eigenvalue weighted by Crippen LogP contribution is -2.28. The molecule has 0 amide bonds. The van der Waals surface area contributed by atoms with Gasteiger partial charge in [0, 0.05) is 11.7 Å². The van der Waals surface area contributed by atoms with E-state index in [2.05, 4.69) is 73.9 Å². The maximum absolute atomic E-state index is 11.3. The van der Waals surface area contributed by atoms with Crippen molar-refractivity contribution < 1.29 is 9.90 Å². The van der Waals surface area contributed by atoms with Gasteiger partial charge in [-0.2, -0.15) is 0 Å². The third-order valence-corrected chi connectivity index (χ3v) is 6.81. The van der Waals surface area contributed by atoms with Crippen LogP contribution in [0.4, 0.5) is 17.1 Å². The zero-order valence-corrected chi connectivity index (χ0v) is 19.3. The van der Waals surface area contributed by atoms with Gasteiger partial charge < -0.3 is 15.7 Å². The number of carbonyl (C=O) groups is 1. The maximum Gasteiger partial charge on any atom is 0.303 e. The van der Waals surface area contributed by atoms with E-state index in [1.807, 2.05) is 0 Å². The van der Waals surface area contributed by atoms with Crippen LogP contribution >= 0.6 is 0 Å². The molecule has 0 aromatic heterocycles. The average molecular weight is 423 g/mol. The average Bonchev–Trinajstić information content (AvgIpc) is 2.79. The first kappa shape index (κ1) is 23.2. The number of anilines is 3. The number of rotatable bonds is 10. The zero-order chi connectivity index (χ0) is 22.2. The van der Waals surface area contributed by atoms with Crippen LogP contribution in [-0.4, -0.2) is 17.1 Å². The highest BCUT2D eigenvalue weighted by Gasteiger charge is 2.21. The first-order valence-corrected chi connectivity index (χ1v) is 12.0. The second-order valence-corrected chi connectivity index (χ2v) is 9.01. The summed E-state index contributed by atoms with van der Waals surface area (Å²) in [6, 6.07) is 15.3. The van der Waals surface area contributed by atoms with E-state index in [0.717, 1.165) is 35.5 Å². The summed E-state index contributed by atoms with van der Waals surface area (Å²) in [5, 5.41) is 16.7. The summed E-state index contributed by atoms with van der Waals surface area (Å²) >= 11 is 0. The van der Waals surface area contributed by atoms with E-state index in [1.165, 1.54) is 37.7 Å². The smallest absolute Gasteiger partial charge is 0.303 e. The van der Waals surface area contributed by atoms with Crippen molar-refractivity contribution in [2.45, 2.75) is 84.1 Å². The molecule has 31 heavy (non-hydrogen) atoms. The molecule has 1 aliphatic carbocycles. The molecule has 1 fully saturated rings. The minimum atomic E-state index is -0.746. The van der Waals surface area contributed by atoms with E-state index >= 15 is 0 Å². The monoisotopic (exact) mass is 422 g/mol.